The Kier molecular flexibility index (Phi) is 3.78. The Morgan fingerprint density at radius 3 is 2.73 bits per heavy atom. The summed E-state index contributed by atoms with van der Waals surface area (Å²) in [6, 6.07) is 0. The van der Waals surface area contributed by atoms with Gasteiger partial charge in [0.05, 0.1) is 0 Å². The summed E-state index contributed by atoms with van der Waals surface area (Å²) in [6.07, 6.45) is 10.5. The Labute approximate surface area is 154 Å². The molecule has 6 atom stereocenters. The minimum atomic E-state index is -1.44. The molecule has 0 radical (unpaired) electrons. The van der Waals surface area contributed by atoms with Crippen LogP contribution < -0.4 is 0 Å². The Bertz CT molecular complexity index is 775. The summed E-state index contributed by atoms with van der Waals surface area (Å²) in [6.45, 7) is 5.79. The average molecular weight is 356 g/mol. The van der Waals surface area contributed by atoms with Crippen molar-refractivity contribution in [3.63, 3.8) is 0 Å². The second kappa shape index (κ2) is 5.49. The van der Waals surface area contributed by atoms with Crippen molar-refractivity contribution in [1.29, 1.82) is 0 Å². The third-order valence-electron chi connectivity index (χ3n) is 8.03. The fourth-order valence-corrected chi connectivity index (χ4v) is 6.53. The van der Waals surface area contributed by atoms with Crippen LogP contribution in [0.2, 0.25) is 0 Å². The number of Topliss-reactive ketones (excluding diaryl/α,β-unsaturated/α-hetero) is 1. The number of rotatable bonds is 2. The van der Waals surface area contributed by atoms with Crippen LogP contribution in [-0.2, 0) is 9.59 Å². The van der Waals surface area contributed by atoms with E-state index in [1.54, 1.807) is 12.2 Å². The second-order valence-electron chi connectivity index (χ2n) is 9.15. The normalized spacial score (nSPS) is 46.8. The molecule has 4 aliphatic rings. The van der Waals surface area contributed by atoms with Crippen LogP contribution >= 0.6 is 0 Å². The van der Waals surface area contributed by atoms with E-state index in [4.69, 9.17) is 0 Å². The van der Waals surface area contributed by atoms with Crippen molar-refractivity contribution in [3.8, 4) is 0 Å². The molecule has 2 N–H and O–H groups in total. The zero-order valence-electron chi connectivity index (χ0n) is 15.8. The van der Waals surface area contributed by atoms with Crippen LogP contribution in [0, 0.1) is 28.6 Å². The number of carbonyl (C=O) groups is 2. The standard InChI is InChI=1S/C22H28O4/c1-13-10-15-16(20(2)7-4-14(24)11-18(13)20)5-8-21(3)17(15)6-9-22(21,26)19(25)12-23/h4-5,7,11,13,15,17,23,26H,6,8-10,12H2,1-3H3/t13-,15?,17?,20+,21-,22-/m0/s1. The van der Waals surface area contributed by atoms with E-state index in [0.717, 1.165) is 12.8 Å². The maximum absolute atomic E-state index is 12.4. The molecule has 0 saturated heterocycles. The molecule has 140 valence electrons. The van der Waals surface area contributed by atoms with Crippen molar-refractivity contribution in [2.24, 2.45) is 28.6 Å². The van der Waals surface area contributed by atoms with Crippen LogP contribution in [-0.4, -0.2) is 34.0 Å². The first-order valence-corrected chi connectivity index (χ1v) is 9.70. The highest BCUT2D eigenvalue weighted by Crippen LogP contribution is 2.65. The zero-order valence-corrected chi connectivity index (χ0v) is 15.8. The van der Waals surface area contributed by atoms with Crippen LogP contribution in [0.1, 0.15) is 46.5 Å². The molecule has 4 aliphatic carbocycles. The topological polar surface area (TPSA) is 74.6 Å². The lowest BCUT2D eigenvalue weighted by Crippen LogP contribution is -2.55. The predicted molar refractivity (Wildman–Crippen MR) is 98.2 cm³/mol. The molecule has 0 bridgehead atoms. The third kappa shape index (κ3) is 2.03. The summed E-state index contributed by atoms with van der Waals surface area (Å²) in [5, 5.41) is 20.6. The van der Waals surface area contributed by atoms with Gasteiger partial charge in [0, 0.05) is 10.8 Å². The predicted octanol–water partition coefficient (Wildman–Crippen LogP) is 2.75. The quantitative estimate of drug-likeness (QED) is 0.746. The molecule has 0 spiro atoms. The van der Waals surface area contributed by atoms with E-state index >= 15 is 0 Å². The minimum absolute atomic E-state index is 0.0628. The summed E-state index contributed by atoms with van der Waals surface area (Å²) in [4.78, 5) is 24.3. The van der Waals surface area contributed by atoms with Crippen molar-refractivity contribution >= 4 is 11.6 Å². The van der Waals surface area contributed by atoms with Crippen LogP contribution in [0.25, 0.3) is 0 Å². The van der Waals surface area contributed by atoms with Crippen molar-refractivity contribution < 1.29 is 19.8 Å². The molecule has 4 rings (SSSR count). The molecule has 0 aromatic carbocycles. The van der Waals surface area contributed by atoms with Crippen LogP contribution in [0.15, 0.2) is 35.5 Å². The summed E-state index contributed by atoms with van der Waals surface area (Å²) in [5.74, 6) is 0.422. The third-order valence-corrected chi connectivity index (χ3v) is 8.03. The molecule has 26 heavy (non-hydrogen) atoms. The molecule has 2 saturated carbocycles. The van der Waals surface area contributed by atoms with Gasteiger partial charge in [-0.3, -0.25) is 9.59 Å². The molecule has 0 aromatic heterocycles. The van der Waals surface area contributed by atoms with Crippen molar-refractivity contribution in [2.75, 3.05) is 6.61 Å². The summed E-state index contributed by atoms with van der Waals surface area (Å²) >= 11 is 0. The van der Waals surface area contributed by atoms with E-state index in [-0.39, 0.29) is 17.1 Å². The number of ketones is 2. The Morgan fingerprint density at radius 1 is 1.31 bits per heavy atom. The van der Waals surface area contributed by atoms with Crippen molar-refractivity contribution in [3.05, 3.63) is 35.5 Å². The van der Waals surface area contributed by atoms with Gasteiger partial charge in [0.1, 0.15) is 12.2 Å². The minimum Gasteiger partial charge on any atom is -0.388 e. The molecule has 0 aliphatic heterocycles. The summed E-state index contributed by atoms with van der Waals surface area (Å²) in [7, 11) is 0. The first-order chi connectivity index (χ1) is 12.2. The van der Waals surface area contributed by atoms with Gasteiger partial charge in [0.2, 0.25) is 0 Å². The number of aliphatic hydroxyl groups excluding tert-OH is 1. The van der Waals surface area contributed by atoms with E-state index < -0.39 is 23.4 Å². The Morgan fingerprint density at radius 2 is 2.04 bits per heavy atom. The maximum Gasteiger partial charge on any atom is 0.190 e. The molecular formula is C22H28O4. The molecule has 2 unspecified atom stereocenters. The number of carbonyl (C=O) groups excluding carboxylic acids is 2. The van der Waals surface area contributed by atoms with Gasteiger partial charge in [-0.15, -0.1) is 0 Å². The summed E-state index contributed by atoms with van der Waals surface area (Å²) < 4.78 is 0. The molecule has 0 aromatic rings. The first-order valence-electron chi connectivity index (χ1n) is 9.70. The highest BCUT2D eigenvalue weighted by molar-refractivity contribution is 6.01. The van der Waals surface area contributed by atoms with Gasteiger partial charge in [-0.25, -0.2) is 0 Å². The smallest absolute Gasteiger partial charge is 0.190 e. The Balaban J connectivity index is 1.80. The highest BCUT2D eigenvalue weighted by Gasteiger charge is 2.64. The molecule has 0 heterocycles. The van der Waals surface area contributed by atoms with Gasteiger partial charge in [-0.1, -0.05) is 31.6 Å². The molecular weight excluding hydrogens is 328 g/mol. The van der Waals surface area contributed by atoms with E-state index in [0.29, 0.717) is 24.7 Å². The van der Waals surface area contributed by atoms with E-state index in [1.165, 1.54) is 11.1 Å². The average Bonchev–Trinajstić information content (AvgIpc) is 2.88. The lowest BCUT2D eigenvalue weighted by Gasteiger charge is -2.55. The lowest BCUT2D eigenvalue weighted by molar-refractivity contribution is -0.155. The van der Waals surface area contributed by atoms with Gasteiger partial charge in [0.15, 0.2) is 11.6 Å². The van der Waals surface area contributed by atoms with E-state index in [9.17, 15) is 19.8 Å². The largest absolute Gasteiger partial charge is 0.388 e. The SMILES string of the molecule is C[C@H]1CC2C(=CC[C@@]3(C)C2CC[C@]3(O)C(=O)CO)[C@@]2(C)C=CC(=O)C=C12. The first kappa shape index (κ1) is 17.9. The highest BCUT2D eigenvalue weighted by atomic mass is 16.3. The fraction of sp³-hybridized carbons (Fsp3) is 0.636. The fourth-order valence-electron chi connectivity index (χ4n) is 6.53. The number of hydrogen-bond donors (Lipinski definition) is 2. The van der Waals surface area contributed by atoms with E-state index in [2.05, 4.69) is 19.9 Å². The maximum atomic E-state index is 12.4. The molecule has 2 fully saturated rings. The molecule has 4 nitrogen and oxygen atoms in total. The van der Waals surface area contributed by atoms with Crippen molar-refractivity contribution in [1.82, 2.24) is 0 Å². The van der Waals surface area contributed by atoms with Crippen LogP contribution in [0.3, 0.4) is 0 Å². The number of allylic oxidation sites excluding steroid dienone is 6. The van der Waals surface area contributed by atoms with Gasteiger partial charge in [0.25, 0.3) is 0 Å². The van der Waals surface area contributed by atoms with Gasteiger partial charge < -0.3 is 10.2 Å². The molecule has 4 heteroatoms. The summed E-state index contributed by atoms with van der Waals surface area (Å²) in [5.41, 5.74) is 0.323. The zero-order chi connectivity index (χ0) is 18.9. The van der Waals surface area contributed by atoms with Gasteiger partial charge in [-0.2, -0.15) is 0 Å². The van der Waals surface area contributed by atoms with Gasteiger partial charge >= 0.3 is 0 Å². The van der Waals surface area contributed by atoms with E-state index in [1.807, 2.05) is 13.0 Å². The van der Waals surface area contributed by atoms with Crippen molar-refractivity contribution in [2.45, 2.75) is 52.1 Å². The number of aliphatic hydroxyl groups is 2. The Hall–Kier alpha value is -1.52. The monoisotopic (exact) mass is 356 g/mol. The number of fused-ring (bicyclic) bond motifs is 5. The van der Waals surface area contributed by atoms with Gasteiger partial charge in [-0.05, 0) is 68.1 Å². The number of hydrogen-bond acceptors (Lipinski definition) is 4. The van der Waals surface area contributed by atoms with Crippen LogP contribution in [0.5, 0.6) is 0 Å². The molecule has 0 amide bonds. The lowest BCUT2D eigenvalue weighted by atomic mass is 9.49. The second-order valence-corrected chi connectivity index (χ2v) is 9.15. The van der Waals surface area contributed by atoms with Crippen LogP contribution in [0.4, 0.5) is 0 Å².